The summed E-state index contributed by atoms with van der Waals surface area (Å²) in [6.45, 7) is 9.01. The summed E-state index contributed by atoms with van der Waals surface area (Å²) in [6.07, 6.45) is -0.0698. The Morgan fingerprint density at radius 1 is 1.06 bits per heavy atom. The van der Waals surface area contributed by atoms with E-state index in [0.717, 1.165) is 5.56 Å². The molecule has 0 aliphatic carbocycles. The molecule has 2 N–H and O–H groups in total. The van der Waals surface area contributed by atoms with Crippen molar-refractivity contribution in [3.63, 3.8) is 0 Å². The van der Waals surface area contributed by atoms with Gasteiger partial charge in [-0.2, -0.15) is 0 Å². The van der Waals surface area contributed by atoms with Crippen molar-refractivity contribution in [2.45, 2.75) is 52.7 Å². The molecule has 1 atom stereocenters. The SMILES string of the molecule is CCCN(C(=O)CNC(=O)OC(C)(C)C)C(C(=O)Nc1c(C)cccc1Cl)c1ccccc1. The van der Waals surface area contributed by atoms with E-state index in [1.165, 1.54) is 4.90 Å². The second-order valence-corrected chi connectivity index (χ2v) is 9.08. The summed E-state index contributed by atoms with van der Waals surface area (Å²) in [5, 5.41) is 5.79. The summed E-state index contributed by atoms with van der Waals surface area (Å²) in [7, 11) is 0. The maximum Gasteiger partial charge on any atom is 0.408 e. The van der Waals surface area contributed by atoms with Crippen molar-refractivity contribution in [1.29, 1.82) is 0 Å². The molecule has 0 saturated heterocycles. The molecule has 2 rings (SSSR count). The lowest BCUT2D eigenvalue weighted by molar-refractivity contribution is -0.138. The number of para-hydroxylation sites is 1. The largest absolute Gasteiger partial charge is 0.444 e. The summed E-state index contributed by atoms with van der Waals surface area (Å²) in [4.78, 5) is 40.1. The van der Waals surface area contributed by atoms with Crippen LogP contribution in [-0.4, -0.2) is 41.5 Å². The van der Waals surface area contributed by atoms with E-state index >= 15 is 0 Å². The summed E-state index contributed by atoms with van der Waals surface area (Å²) < 4.78 is 5.21. The first-order valence-corrected chi connectivity index (χ1v) is 11.3. The van der Waals surface area contributed by atoms with Gasteiger partial charge in [-0.15, -0.1) is 0 Å². The number of carbonyl (C=O) groups is 3. The Morgan fingerprint density at radius 2 is 1.73 bits per heavy atom. The van der Waals surface area contributed by atoms with Crippen LogP contribution in [0.15, 0.2) is 48.5 Å². The normalized spacial score (nSPS) is 11.9. The van der Waals surface area contributed by atoms with Crippen LogP contribution in [0.1, 0.15) is 51.3 Å². The Labute approximate surface area is 200 Å². The first-order valence-electron chi connectivity index (χ1n) is 10.9. The van der Waals surface area contributed by atoms with Crippen molar-refractivity contribution in [1.82, 2.24) is 10.2 Å². The van der Waals surface area contributed by atoms with Gasteiger partial charge in [-0.05, 0) is 51.3 Å². The van der Waals surface area contributed by atoms with Crippen LogP contribution in [-0.2, 0) is 14.3 Å². The topological polar surface area (TPSA) is 87.7 Å². The van der Waals surface area contributed by atoms with Gasteiger partial charge in [0.25, 0.3) is 5.91 Å². The molecule has 0 bridgehead atoms. The lowest BCUT2D eigenvalue weighted by atomic mass is 10.0. The van der Waals surface area contributed by atoms with Gasteiger partial charge in [0, 0.05) is 6.54 Å². The minimum Gasteiger partial charge on any atom is -0.444 e. The Bertz CT molecular complexity index is 953. The number of alkyl carbamates (subject to hydrolysis) is 1. The van der Waals surface area contributed by atoms with Crippen LogP contribution in [0.4, 0.5) is 10.5 Å². The highest BCUT2D eigenvalue weighted by atomic mass is 35.5. The van der Waals surface area contributed by atoms with Crippen LogP contribution >= 0.6 is 11.6 Å². The average Bonchev–Trinajstić information content (AvgIpc) is 2.74. The molecule has 0 aromatic heterocycles. The molecule has 2 aromatic carbocycles. The van der Waals surface area contributed by atoms with Gasteiger partial charge in [-0.25, -0.2) is 4.79 Å². The summed E-state index contributed by atoms with van der Waals surface area (Å²) in [6, 6.07) is 13.5. The monoisotopic (exact) mass is 473 g/mol. The van der Waals surface area contributed by atoms with Gasteiger partial charge < -0.3 is 20.3 Å². The zero-order chi connectivity index (χ0) is 24.6. The Balaban J connectivity index is 2.31. The number of carbonyl (C=O) groups excluding carboxylic acids is 3. The van der Waals surface area contributed by atoms with E-state index in [-0.39, 0.29) is 6.54 Å². The van der Waals surface area contributed by atoms with E-state index in [4.69, 9.17) is 16.3 Å². The van der Waals surface area contributed by atoms with Gasteiger partial charge >= 0.3 is 6.09 Å². The third kappa shape index (κ3) is 7.79. The molecule has 0 aliphatic rings. The van der Waals surface area contributed by atoms with Crippen molar-refractivity contribution in [3.8, 4) is 0 Å². The molecule has 0 spiro atoms. The second-order valence-electron chi connectivity index (χ2n) is 8.68. The molecule has 2 aromatic rings. The highest BCUT2D eigenvalue weighted by Crippen LogP contribution is 2.29. The van der Waals surface area contributed by atoms with Gasteiger partial charge in [0.1, 0.15) is 18.2 Å². The van der Waals surface area contributed by atoms with Crippen LogP contribution in [0, 0.1) is 6.92 Å². The average molecular weight is 474 g/mol. The fourth-order valence-corrected chi connectivity index (χ4v) is 3.56. The molecule has 0 radical (unpaired) electrons. The minimum atomic E-state index is -0.908. The summed E-state index contributed by atoms with van der Waals surface area (Å²) >= 11 is 6.31. The molecule has 3 amide bonds. The van der Waals surface area contributed by atoms with Crippen LogP contribution in [0.25, 0.3) is 0 Å². The molecule has 178 valence electrons. The number of ether oxygens (including phenoxy) is 1. The lowest BCUT2D eigenvalue weighted by Crippen LogP contribution is -2.46. The lowest BCUT2D eigenvalue weighted by Gasteiger charge is -2.31. The fourth-order valence-electron chi connectivity index (χ4n) is 3.29. The van der Waals surface area contributed by atoms with Gasteiger partial charge in [0.15, 0.2) is 0 Å². The molecule has 0 aliphatic heterocycles. The van der Waals surface area contributed by atoms with Gasteiger partial charge in [0.2, 0.25) is 5.91 Å². The smallest absolute Gasteiger partial charge is 0.408 e. The van der Waals surface area contributed by atoms with Crippen molar-refractivity contribution in [2.24, 2.45) is 0 Å². The third-order valence-electron chi connectivity index (χ3n) is 4.71. The van der Waals surface area contributed by atoms with E-state index in [9.17, 15) is 14.4 Å². The van der Waals surface area contributed by atoms with Crippen molar-refractivity contribution in [3.05, 3.63) is 64.7 Å². The first kappa shape index (κ1) is 26.2. The molecule has 0 fully saturated rings. The molecule has 8 heteroatoms. The molecular weight excluding hydrogens is 442 g/mol. The van der Waals surface area contributed by atoms with Gasteiger partial charge in [-0.1, -0.05) is 61.0 Å². The van der Waals surface area contributed by atoms with Gasteiger partial charge in [0.05, 0.1) is 10.7 Å². The second kappa shape index (κ2) is 11.7. The Kier molecular flexibility index (Phi) is 9.29. The zero-order valence-electron chi connectivity index (χ0n) is 19.8. The predicted octanol–water partition coefficient (Wildman–Crippen LogP) is 5.09. The number of nitrogens with one attached hydrogen (secondary N) is 2. The third-order valence-corrected chi connectivity index (χ3v) is 5.03. The maximum absolute atomic E-state index is 13.5. The van der Waals surface area contributed by atoms with Crippen LogP contribution in [0.2, 0.25) is 5.02 Å². The zero-order valence-corrected chi connectivity index (χ0v) is 20.5. The van der Waals surface area contributed by atoms with E-state index in [1.54, 1.807) is 45.0 Å². The summed E-state index contributed by atoms with van der Waals surface area (Å²) in [5.41, 5.74) is 1.28. The van der Waals surface area contributed by atoms with Crippen LogP contribution in [0.3, 0.4) is 0 Å². The van der Waals surface area contributed by atoms with Crippen LogP contribution in [0.5, 0.6) is 0 Å². The maximum atomic E-state index is 13.5. The van der Waals surface area contributed by atoms with Crippen LogP contribution < -0.4 is 10.6 Å². The number of amides is 3. The number of anilines is 1. The number of halogens is 1. The molecule has 0 heterocycles. The highest BCUT2D eigenvalue weighted by Gasteiger charge is 2.32. The predicted molar refractivity (Wildman–Crippen MR) is 130 cm³/mol. The van der Waals surface area contributed by atoms with Crippen molar-refractivity contribution in [2.75, 3.05) is 18.4 Å². The highest BCUT2D eigenvalue weighted by molar-refractivity contribution is 6.34. The van der Waals surface area contributed by atoms with E-state index < -0.39 is 29.6 Å². The summed E-state index contributed by atoms with van der Waals surface area (Å²) in [5.74, 6) is -0.793. The fraction of sp³-hybridized carbons (Fsp3) is 0.400. The van der Waals surface area contributed by atoms with E-state index in [2.05, 4.69) is 10.6 Å². The standard InChI is InChI=1S/C25H32ClN3O4/c1-6-15-29(20(30)16-27-24(32)33-25(3,4)5)22(18-12-8-7-9-13-18)23(31)28-21-17(2)11-10-14-19(21)26/h7-14,22H,6,15-16H2,1-5H3,(H,27,32)(H,28,31). The number of rotatable bonds is 8. The molecule has 7 nitrogen and oxygen atoms in total. The van der Waals surface area contributed by atoms with Crippen molar-refractivity contribution >= 4 is 35.2 Å². The number of hydrogen-bond acceptors (Lipinski definition) is 4. The number of hydrogen-bond donors (Lipinski definition) is 2. The van der Waals surface area contributed by atoms with Crippen molar-refractivity contribution < 1.29 is 19.1 Å². The quantitative estimate of drug-likeness (QED) is 0.558. The molecular formula is C25H32ClN3O4. The van der Waals surface area contributed by atoms with E-state index in [1.807, 2.05) is 38.1 Å². The number of benzene rings is 2. The Morgan fingerprint density at radius 3 is 2.30 bits per heavy atom. The first-order chi connectivity index (χ1) is 15.5. The molecule has 33 heavy (non-hydrogen) atoms. The number of nitrogens with zero attached hydrogens (tertiary/aromatic N) is 1. The minimum absolute atomic E-state index is 0.295. The van der Waals surface area contributed by atoms with Gasteiger partial charge in [-0.3, -0.25) is 9.59 Å². The number of aryl methyl sites for hydroxylation is 1. The molecule has 0 saturated carbocycles. The van der Waals surface area contributed by atoms with E-state index in [0.29, 0.717) is 29.2 Å². The Hall–Kier alpha value is -3.06. The molecule has 1 unspecified atom stereocenters.